The lowest BCUT2D eigenvalue weighted by Gasteiger charge is -2.30. The number of aromatic nitrogens is 4. The number of nitrogens with zero attached hydrogens (tertiary/aromatic N) is 6. The lowest BCUT2D eigenvalue weighted by molar-refractivity contribution is 0.0763. The molecule has 1 saturated heterocycles. The van der Waals surface area contributed by atoms with Crippen LogP contribution in [0.15, 0.2) is 30.7 Å². The van der Waals surface area contributed by atoms with Gasteiger partial charge in [0.2, 0.25) is 0 Å². The molecule has 3 heterocycles. The Kier molecular flexibility index (Phi) is 3.70. The summed E-state index contributed by atoms with van der Waals surface area (Å²) in [6, 6.07) is 4.31. The first kappa shape index (κ1) is 15.1. The zero-order chi connectivity index (χ0) is 16.7. The van der Waals surface area contributed by atoms with E-state index in [0.717, 1.165) is 31.7 Å². The van der Waals surface area contributed by atoms with Crippen LogP contribution in [0, 0.1) is 11.8 Å². The average Bonchev–Trinajstić information content (AvgIpc) is 3.29. The van der Waals surface area contributed by atoms with Crippen LogP contribution in [0.4, 0.5) is 5.82 Å². The van der Waals surface area contributed by atoms with Gasteiger partial charge in [-0.1, -0.05) is 0 Å². The van der Waals surface area contributed by atoms with E-state index in [4.69, 9.17) is 0 Å². The molecule has 2 aromatic heterocycles. The molecule has 0 bridgehead atoms. The minimum absolute atomic E-state index is 0.0396. The van der Waals surface area contributed by atoms with Gasteiger partial charge in [-0.3, -0.25) is 4.79 Å². The molecule has 0 unspecified atom stereocenters. The fraction of sp³-hybridized carbons (Fsp3) is 0.529. The molecule has 0 N–H and O–H groups in total. The van der Waals surface area contributed by atoms with Crippen LogP contribution in [0.3, 0.4) is 0 Å². The van der Waals surface area contributed by atoms with Crippen LogP contribution in [0.25, 0.3) is 0 Å². The minimum atomic E-state index is 0.0396. The van der Waals surface area contributed by atoms with Gasteiger partial charge in [-0.15, -0.1) is 5.10 Å². The Hall–Kier alpha value is -2.44. The fourth-order valence-corrected chi connectivity index (χ4v) is 4.25. The first-order chi connectivity index (χ1) is 11.6. The summed E-state index contributed by atoms with van der Waals surface area (Å²) in [6.07, 6.45) is 7.48. The van der Waals surface area contributed by atoms with Gasteiger partial charge in [0.05, 0.1) is 0 Å². The van der Waals surface area contributed by atoms with Crippen molar-refractivity contribution < 1.29 is 4.79 Å². The van der Waals surface area contributed by atoms with Gasteiger partial charge in [0, 0.05) is 57.7 Å². The third-order valence-electron chi connectivity index (χ3n) is 5.54. The first-order valence-corrected chi connectivity index (χ1v) is 8.42. The number of amides is 1. The molecule has 7 nitrogen and oxygen atoms in total. The van der Waals surface area contributed by atoms with Crippen LogP contribution in [0.2, 0.25) is 0 Å². The molecule has 4 rings (SSSR count). The monoisotopic (exact) mass is 326 g/mol. The van der Waals surface area contributed by atoms with Gasteiger partial charge in [-0.2, -0.15) is 5.10 Å². The number of carbonyl (C=O) groups is 1. The number of hydrogen-bond acceptors (Lipinski definition) is 5. The Morgan fingerprint density at radius 3 is 2.88 bits per heavy atom. The summed E-state index contributed by atoms with van der Waals surface area (Å²) in [4.78, 5) is 21.1. The highest BCUT2D eigenvalue weighted by Crippen LogP contribution is 2.41. The van der Waals surface area contributed by atoms with Crippen molar-refractivity contribution in [2.75, 3.05) is 25.0 Å². The van der Waals surface area contributed by atoms with Crippen LogP contribution in [-0.2, 0) is 7.05 Å². The summed E-state index contributed by atoms with van der Waals surface area (Å²) in [5, 5.41) is 8.21. The van der Waals surface area contributed by atoms with E-state index >= 15 is 0 Å². The zero-order valence-electron chi connectivity index (χ0n) is 14.0. The van der Waals surface area contributed by atoms with E-state index in [1.165, 1.54) is 0 Å². The van der Waals surface area contributed by atoms with Crippen LogP contribution in [-0.4, -0.2) is 56.7 Å². The van der Waals surface area contributed by atoms with Gasteiger partial charge in [0.1, 0.15) is 0 Å². The van der Waals surface area contributed by atoms with Crippen LogP contribution in [0.1, 0.15) is 23.5 Å². The predicted octanol–water partition coefficient (Wildman–Crippen LogP) is 1.20. The molecule has 7 heteroatoms. The number of aryl methyl sites for hydroxylation is 1. The third kappa shape index (κ3) is 2.44. The van der Waals surface area contributed by atoms with Crippen molar-refractivity contribution in [1.29, 1.82) is 0 Å². The maximum Gasteiger partial charge on any atom is 0.289 e. The van der Waals surface area contributed by atoms with E-state index in [9.17, 15) is 4.79 Å². The standard InChI is InChI=1S/C17H22N6O/c1-21-9-8-18-16(21)17(24)23-10-12-5-6-14(13(12)11-23)22(2)15-4-3-7-19-20-15/h3-4,7-9,12-14H,5-6,10-11H2,1-2H3/t12-,13+,14-/m1/s1. The molecule has 2 aromatic rings. The Morgan fingerprint density at radius 2 is 2.17 bits per heavy atom. The zero-order valence-corrected chi connectivity index (χ0v) is 14.0. The fourth-order valence-electron chi connectivity index (χ4n) is 4.25. The summed E-state index contributed by atoms with van der Waals surface area (Å²) < 4.78 is 1.79. The number of rotatable bonds is 3. The highest BCUT2D eigenvalue weighted by atomic mass is 16.2. The van der Waals surface area contributed by atoms with Gasteiger partial charge in [0.15, 0.2) is 11.6 Å². The Balaban J connectivity index is 1.49. The Labute approximate surface area is 141 Å². The highest BCUT2D eigenvalue weighted by molar-refractivity contribution is 5.91. The van der Waals surface area contributed by atoms with Gasteiger partial charge >= 0.3 is 0 Å². The molecule has 2 fully saturated rings. The molecule has 0 aromatic carbocycles. The van der Waals surface area contributed by atoms with Gasteiger partial charge < -0.3 is 14.4 Å². The van der Waals surface area contributed by atoms with Crippen LogP contribution >= 0.6 is 0 Å². The van der Waals surface area contributed by atoms with Crippen molar-refractivity contribution in [1.82, 2.24) is 24.6 Å². The number of fused-ring (bicyclic) bond motifs is 1. The molecule has 1 amide bonds. The third-order valence-corrected chi connectivity index (χ3v) is 5.54. The van der Waals surface area contributed by atoms with Crippen molar-refractivity contribution in [3.8, 4) is 0 Å². The molecule has 0 radical (unpaired) electrons. The van der Waals surface area contributed by atoms with E-state index in [2.05, 4.69) is 27.1 Å². The van der Waals surface area contributed by atoms with E-state index in [0.29, 0.717) is 23.7 Å². The minimum Gasteiger partial charge on any atom is -0.355 e. The molecule has 2 aliphatic rings. The normalized spacial score (nSPS) is 25.8. The van der Waals surface area contributed by atoms with Gasteiger partial charge in [-0.05, 0) is 30.9 Å². The molecule has 1 aliphatic heterocycles. The van der Waals surface area contributed by atoms with E-state index in [1.54, 1.807) is 17.0 Å². The molecular weight excluding hydrogens is 304 g/mol. The lowest BCUT2D eigenvalue weighted by atomic mass is 9.97. The SMILES string of the molecule is CN(c1cccnn1)[C@@H]1CC[C@@H]2CN(C(=O)c3nccn3C)C[C@@H]21. The topological polar surface area (TPSA) is 67.2 Å². The number of imidazole rings is 1. The molecular formula is C17H22N6O. The van der Waals surface area contributed by atoms with Crippen LogP contribution in [0.5, 0.6) is 0 Å². The van der Waals surface area contributed by atoms with Crippen molar-refractivity contribution in [2.24, 2.45) is 18.9 Å². The first-order valence-electron chi connectivity index (χ1n) is 8.42. The van der Waals surface area contributed by atoms with Gasteiger partial charge in [0.25, 0.3) is 5.91 Å². The molecule has 1 aliphatic carbocycles. The number of carbonyl (C=O) groups excluding carboxylic acids is 1. The largest absolute Gasteiger partial charge is 0.355 e. The van der Waals surface area contributed by atoms with E-state index < -0.39 is 0 Å². The second-order valence-electron chi connectivity index (χ2n) is 6.83. The maximum absolute atomic E-state index is 12.7. The quantitative estimate of drug-likeness (QED) is 0.848. The van der Waals surface area contributed by atoms with E-state index in [-0.39, 0.29) is 5.91 Å². The van der Waals surface area contributed by atoms with Crippen molar-refractivity contribution in [2.45, 2.75) is 18.9 Å². The summed E-state index contributed by atoms with van der Waals surface area (Å²) in [5.74, 6) is 2.52. The molecule has 3 atom stereocenters. The van der Waals surface area contributed by atoms with Crippen LogP contribution < -0.4 is 4.90 Å². The maximum atomic E-state index is 12.7. The average molecular weight is 326 g/mol. The predicted molar refractivity (Wildman–Crippen MR) is 89.5 cm³/mol. The smallest absolute Gasteiger partial charge is 0.289 e. The van der Waals surface area contributed by atoms with Crippen molar-refractivity contribution in [3.63, 3.8) is 0 Å². The molecule has 24 heavy (non-hydrogen) atoms. The second-order valence-corrected chi connectivity index (χ2v) is 6.83. The summed E-state index contributed by atoms with van der Waals surface area (Å²) in [7, 11) is 3.95. The van der Waals surface area contributed by atoms with Gasteiger partial charge in [-0.25, -0.2) is 4.98 Å². The Morgan fingerprint density at radius 1 is 1.29 bits per heavy atom. The highest BCUT2D eigenvalue weighted by Gasteiger charge is 2.46. The Bertz CT molecular complexity index is 730. The molecule has 0 spiro atoms. The number of hydrogen-bond donors (Lipinski definition) is 0. The van der Waals surface area contributed by atoms with E-state index in [1.807, 2.05) is 30.3 Å². The lowest BCUT2D eigenvalue weighted by Crippen LogP contribution is -2.39. The summed E-state index contributed by atoms with van der Waals surface area (Å²) in [5.41, 5.74) is 0. The second kappa shape index (κ2) is 5.89. The number of likely N-dealkylation sites (tertiary alicyclic amines) is 1. The summed E-state index contributed by atoms with van der Waals surface area (Å²) in [6.45, 7) is 1.63. The molecule has 1 saturated carbocycles. The van der Waals surface area contributed by atoms with Crippen molar-refractivity contribution in [3.05, 3.63) is 36.5 Å². The summed E-state index contributed by atoms with van der Waals surface area (Å²) >= 11 is 0. The van der Waals surface area contributed by atoms with Crippen molar-refractivity contribution >= 4 is 11.7 Å². The molecule has 126 valence electrons. The number of anilines is 1.